The Morgan fingerprint density at radius 3 is 2.76 bits per heavy atom. The summed E-state index contributed by atoms with van der Waals surface area (Å²) in [5.74, 6) is 0.718. The molecule has 0 fully saturated rings. The van der Waals surface area contributed by atoms with Crippen LogP contribution in [-0.2, 0) is 16.1 Å². The lowest BCUT2D eigenvalue weighted by molar-refractivity contribution is -0.477. The van der Waals surface area contributed by atoms with Gasteiger partial charge in [-0.3, -0.25) is 0 Å². The Morgan fingerprint density at radius 1 is 1.28 bits per heavy atom. The van der Waals surface area contributed by atoms with Crippen molar-refractivity contribution in [2.75, 3.05) is 7.11 Å². The second-order valence-electron chi connectivity index (χ2n) is 5.65. The molecular formula is C19H18ClN2O3+. The van der Waals surface area contributed by atoms with Gasteiger partial charge in [0.15, 0.2) is 12.3 Å². The topological polar surface area (TPSA) is 61.9 Å². The Balaban J connectivity index is 1.75. The SMILES string of the molecule is COc1cccc(C[NH+]=C(C)C2N=C(c3ccc(Cl)cc3)OC2=O)c1. The van der Waals surface area contributed by atoms with Gasteiger partial charge in [0.25, 0.3) is 0 Å². The maximum absolute atomic E-state index is 12.1. The number of carbonyl (C=O) groups is 1. The zero-order chi connectivity index (χ0) is 17.8. The molecule has 0 spiro atoms. The highest BCUT2D eigenvalue weighted by Gasteiger charge is 2.34. The summed E-state index contributed by atoms with van der Waals surface area (Å²) in [7, 11) is 1.63. The van der Waals surface area contributed by atoms with Gasteiger partial charge in [0, 0.05) is 23.1 Å². The minimum absolute atomic E-state index is 0.314. The molecule has 0 amide bonds. The minimum atomic E-state index is -0.656. The molecule has 1 heterocycles. The first-order valence-corrected chi connectivity index (χ1v) is 8.20. The molecule has 0 saturated heterocycles. The number of aliphatic imine (C=N–C) groups is 1. The maximum Gasteiger partial charge on any atom is 0.348 e. The predicted molar refractivity (Wildman–Crippen MR) is 96.2 cm³/mol. The molecule has 1 atom stereocenters. The number of benzene rings is 2. The molecule has 2 aromatic carbocycles. The van der Waals surface area contributed by atoms with Gasteiger partial charge in [-0.2, -0.15) is 0 Å². The van der Waals surface area contributed by atoms with Gasteiger partial charge >= 0.3 is 5.97 Å². The number of hydrogen-bond donors (Lipinski definition) is 1. The van der Waals surface area contributed by atoms with Gasteiger partial charge in [-0.1, -0.05) is 23.7 Å². The van der Waals surface area contributed by atoms with Crippen molar-refractivity contribution in [3.8, 4) is 5.75 Å². The summed E-state index contributed by atoms with van der Waals surface area (Å²) in [6.07, 6.45) is 0. The van der Waals surface area contributed by atoms with Crippen LogP contribution in [0, 0.1) is 0 Å². The largest absolute Gasteiger partial charge is 0.497 e. The molecule has 0 radical (unpaired) electrons. The van der Waals surface area contributed by atoms with E-state index in [-0.39, 0.29) is 5.97 Å². The van der Waals surface area contributed by atoms with Crippen LogP contribution < -0.4 is 9.73 Å². The quantitative estimate of drug-likeness (QED) is 0.655. The van der Waals surface area contributed by atoms with Gasteiger partial charge in [-0.15, -0.1) is 0 Å². The number of ether oxygens (including phenoxy) is 2. The zero-order valence-corrected chi connectivity index (χ0v) is 14.7. The number of cyclic esters (lactones) is 1. The molecule has 6 heteroatoms. The average molecular weight is 358 g/mol. The summed E-state index contributed by atoms with van der Waals surface area (Å²) >= 11 is 5.88. The number of rotatable bonds is 5. The van der Waals surface area contributed by atoms with Crippen LogP contribution in [0.2, 0.25) is 5.02 Å². The third-order valence-electron chi connectivity index (χ3n) is 3.87. The zero-order valence-electron chi connectivity index (χ0n) is 14.0. The Morgan fingerprint density at radius 2 is 2.04 bits per heavy atom. The van der Waals surface area contributed by atoms with Crippen molar-refractivity contribution in [1.29, 1.82) is 0 Å². The molecule has 1 N–H and O–H groups in total. The van der Waals surface area contributed by atoms with E-state index in [1.54, 1.807) is 31.4 Å². The normalized spacial score (nSPS) is 17.2. The maximum atomic E-state index is 12.1. The monoisotopic (exact) mass is 357 g/mol. The third kappa shape index (κ3) is 4.06. The minimum Gasteiger partial charge on any atom is -0.497 e. The molecule has 3 rings (SSSR count). The van der Waals surface area contributed by atoms with Crippen molar-refractivity contribution >= 4 is 29.2 Å². The summed E-state index contributed by atoms with van der Waals surface area (Å²) in [4.78, 5) is 19.8. The standard InChI is InChI=1S/C19H17ClN2O3/c1-12(21-11-13-4-3-5-16(10-13)24-2)17-19(23)25-18(22-17)14-6-8-15(20)9-7-14/h3-10,17H,11H2,1-2H3/p+1. The Kier molecular flexibility index (Phi) is 5.14. The van der Waals surface area contributed by atoms with Crippen LogP contribution in [0.15, 0.2) is 53.5 Å². The lowest BCUT2D eigenvalue weighted by atomic mass is 10.2. The number of halogens is 1. The van der Waals surface area contributed by atoms with Crippen LogP contribution in [0.1, 0.15) is 18.1 Å². The van der Waals surface area contributed by atoms with Gasteiger partial charge in [0.2, 0.25) is 11.9 Å². The van der Waals surface area contributed by atoms with Crippen molar-refractivity contribution in [3.05, 3.63) is 64.7 Å². The van der Waals surface area contributed by atoms with E-state index < -0.39 is 6.04 Å². The molecule has 128 valence electrons. The van der Waals surface area contributed by atoms with E-state index in [0.29, 0.717) is 17.5 Å². The summed E-state index contributed by atoms with van der Waals surface area (Å²) in [5, 5.41) is 0.618. The van der Waals surface area contributed by atoms with Crippen LogP contribution in [0.3, 0.4) is 0 Å². The van der Waals surface area contributed by atoms with E-state index in [9.17, 15) is 4.79 Å². The van der Waals surface area contributed by atoms with Gasteiger partial charge in [-0.25, -0.2) is 14.8 Å². The number of carbonyl (C=O) groups excluding carboxylic acids is 1. The Labute approximate surface area is 151 Å². The van der Waals surface area contributed by atoms with Crippen molar-refractivity contribution in [2.45, 2.75) is 19.5 Å². The first-order valence-electron chi connectivity index (χ1n) is 7.82. The van der Waals surface area contributed by atoms with Gasteiger partial charge in [0.05, 0.1) is 7.11 Å². The molecule has 0 saturated carbocycles. The van der Waals surface area contributed by atoms with E-state index in [0.717, 1.165) is 22.6 Å². The van der Waals surface area contributed by atoms with Crippen LogP contribution in [0.25, 0.3) is 0 Å². The summed E-state index contributed by atoms with van der Waals surface area (Å²) in [6, 6.07) is 14.1. The highest BCUT2D eigenvalue weighted by atomic mass is 35.5. The van der Waals surface area contributed by atoms with Crippen LogP contribution >= 0.6 is 11.6 Å². The Hall–Kier alpha value is -2.66. The average Bonchev–Trinajstić information content (AvgIpc) is 3.02. The van der Waals surface area contributed by atoms with Crippen LogP contribution in [-0.4, -0.2) is 30.7 Å². The summed E-state index contributed by atoms with van der Waals surface area (Å²) < 4.78 is 10.5. The van der Waals surface area contributed by atoms with E-state index in [2.05, 4.69) is 9.98 Å². The van der Waals surface area contributed by atoms with Gasteiger partial charge in [0.1, 0.15) is 5.75 Å². The molecule has 25 heavy (non-hydrogen) atoms. The predicted octanol–water partition coefficient (Wildman–Crippen LogP) is 1.76. The second-order valence-corrected chi connectivity index (χ2v) is 6.09. The van der Waals surface area contributed by atoms with Crippen molar-refractivity contribution in [1.82, 2.24) is 0 Å². The molecule has 1 unspecified atom stereocenters. The van der Waals surface area contributed by atoms with Crippen LogP contribution in [0.4, 0.5) is 0 Å². The fourth-order valence-corrected chi connectivity index (χ4v) is 2.59. The number of nitrogens with zero attached hydrogens (tertiary/aromatic N) is 1. The molecular weight excluding hydrogens is 340 g/mol. The number of methoxy groups -OCH3 is 1. The first kappa shape index (κ1) is 17.2. The van der Waals surface area contributed by atoms with E-state index in [1.807, 2.05) is 31.2 Å². The molecule has 0 aromatic heterocycles. The highest BCUT2D eigenvalue weighted by Crippen LogP contribution is 2.16. The summed E-state index contributed by atoms with van der Waals surface area (Å²) in [5.41, 5.74) is 2.50. The molecule has 5 nitrogen and oxygen atoms in total. The molecule has 1 aliphatic heterocycles. The smallest absolute Gasteiger partial charge is 0.348 e. The fraction of sp³-hybridized carbons (Fsp3) is 0.211. The third-order valence-corrected chi connectivity index (χ3v) is 4.13. The van der Waals surface area contributed by atoms with E-state index >= 15 is 0 Å². The van der Waals surface area contributed by atoms with Gasteiger partial charge < -0.3 is 9.47 Å². The van der Waals surface area contributed by atoms with E-state index in [1.165, 1.54) is 0 Å². The first-order chi connectivity index (χ1) is 12.1. The summed E-state index contributed by atoms with van der Waals surface area (Å²) in [6.45, 7) is 2.40. The van der Waals surface area contributed by atoms with Crippen molar-refractivity contribution < 1.29 is 19.3 Å². The lowest BCUT2D eigenvalue weighted by Gasteiger charge is -2.01. The van der Waals surface area contributed by atoms with Crippen LogP contribution in [0.5, 0.6) is 5.75 Å². The molecule has 1 aliphatic rings. The fourth-order valence-electron chi connectivity index (χ4n) is 2.47. The number of esters is 1. The van der Waals surface area contributed by atoms with Gasteiger partial charge in [-0.05, 0) is 36.4 Å². The lowest BCUT2D eigenvalue weighted by Crippen LogP contribution is -2.73. The highest BCUT2D eigenvalue weighted by molar-refractivity contribution is 6.30. The Bertz CT molecular complexity index is 844. The van der Waals surface area contributed by atoms with E-state index in [4.69, 9.17) is 21.1 Å². The number of nitrogens with one attached hydrogen (secondary N) is 1. The van der Waals surface area contributed by atoms with Crippen molar-refractivity contribution in [3.63, 3.8) is 0 Å². The molecule has 2 aromatic rings. The molecule has 0 bridgehead atoms. The number of hydrogen-bond acceptors (Lipinski definition) is 4. The molecule has 0 aliphatic carbocycles. The second kappa shape index (κ2) is 7.49. The van der Waals surface area contributed by atoms with Crippen molar-refractivity contribution in [2.24, 2.45) is 4.99 Å².